The van der Waals surface area contributed by atoms with Crippen LogP contribution in [-0.4, -0.2) is 87.6 Å². The van der Waals surface area contributed by atoms with Gasteiger partial charge in [0.05, 0.1) is 12.5 Å². The minimum atomic E-state index is -1.56. The smallest absolute Gasteiger partial charge is 0.327 e. The summed E-state index contributed by atoms with van der Waals surface area (Å²) in [6.45, 7) is 0. The monoisotopic (exact) mass is 470 g/mol. The number of nitrogens with two attached hydrogens (primary N) is 1. The summed E-state index contributed by atoms with van der Waals surface area (Å²) < 4.78 is 0. The van der Waals surface area contributed by atoms with E-state index in [1.165, 1.54) is 11.8 Å². The van der Waals surface area contributed by atoms with Crippen LogP contribution in [0.3, 0.4) is 0 Å². The van der Waals surface area contributed by atoms with Crippen molar-refractivity contribution in [2.45, 2.75) is 37.0 Å². The van der Waals surface area contributed by atoms with Gasteiger partial charge in [-0.1, -0.05) is 0 Å². The maximum atomic E-state index is 12.4. The molecule has 0 aliphatic rings. The molecule has 0 aromatic carbocycles. The van der Waals surface area contributed by atoms with E-state index < -0.39 is 60.2 Å². The van der Waals surface area contributed by atoms with Gasteiger partial charge in [0.25, 0.3) is 0 Å². The van der Waals surface area contributed by atoms with Crippen molar-refractivity contribution in [3.05, 3.63) is 0 Å². The molecule has 7 N–H and O–H groups in total. The summed E-state index contributed by atoms with van der Waals surface area (Å²) in [4.78, 5) is 58.7. The molecule has 0 rings (SSSR count). The molecule has 0 aromatic heterocycles. The average molecular weight is 471 g/mol. The number of hydrogen-bond donors (Lipinski definition) is 8. The van der Waals surface area contributed by atoms with Crippen LogP contribution in [0.1, 0.15) is 12.8 Å². The quantitative estimate of drug-likeness (QED) is 0.132. The molecule has 14 heteroatoms. The minimum absolute atomic E-state index is 0.136. The first-order valence-electron chi connectivity index (χ1n) is 8.39. The number of nitrogens with one attached hydrogen (secondary N) is 3. The number of carbonyl (C=O) groups is 5. The summed E-state index contributed by atoms with van der Waals surface area (Å²) >= 11 is 9.28. The highest BCUT2D eigenvalue weighted by Gasteiger charge is 2.30. The Morgan fingerprint density at radius 2 is 1.38 bits per heavy atom. The molecule has 166 valence electrons. The fourth-order valence-electron chi connectivity index (χ4n) is 1.96. The van der Waals surface area contributed by atoms with Crippen LogP contribution >= 0.6 is 37.0 Å². The Hall–Kier alpha value is -1.64. The third kappa shape index (κ3) is 10.6. The average Bonchev–Trinajstić information content (AvgIpc) is 2.66. The van der Waals surface area contributed by atoms with E-state index in [0.29, 0.717) is 12.2 Å². The number of rotatable bonds is 14. The van der Waals surface area contributed by atoms with E-state index in [9.17, 15) is 24.0 Å². The molecule has 0 aromatic rings. The number of amides is 3. The van der Waals surface area contributed by atoms with E-state index in [1.54, 1.807) is 0 Å². The maximum absolute atomic E-state index is 12.4. The molecule has 0 aliphatic carbocycles. The number of hydrogen-bond acceptors (Lipinski definition) is 9. The topological polar surface area (TPSA) is 188 Å². The van der Waals surface area contributed by atoms with Crippen LogP contribution in [0.25, 0.3) is 0 Å². The first-order chi connectivity index (χ1) is 13.6. The van der Waals surface area contributed by atoms with Gasteiger partial charge >= 0.3 is 11.9 Å². The van der Waals surface area contributed by atoms with Crippen LogP contribution in [0, 0.1) is 0 Å². The molecule has 4 atom stereocenters. The number of aliphatic carboxylic acids is 2. The highest BCUT2D eigenvalue weighted by molar-refractivity contribution is 7.98. The normalized spacial score (nSPS) is 14.8. The standard InChI is InChI=1S/C15H26N4O7S3/c1-29-3-2-7(16)12(22)18-9(5-27)14(24)17-8(4-11(20)21)13(23)19-10(6-28)15(25)26/h7-10,27-28H,2-6,16H2,1H3,(H,17,24)(H,18,22)(H,19,23)(H,20,21)(H,25,26). The highest BCUT2D eigenvalue weighted by Crippen LogP contribution is 2.02. The Kier molecular flexibility index (Phi) is 13.5. The lowest BCUT2D eigenvalue weighted by Crippen LogP contribution is -2.58. The predicted octanol–water partition coefficient (Wildman–Crippen LogP) is -2.06. The molecule has 0 heterocycles. The number of carboxylic acids is 2. The third-order valence-electron chi connectivity index (χ3n) is 3.59. The number of carboxylic acid groups (broad SMARTS) is 2. The summed E-state index contributed by atoms with van der Waals surface area (Å²) in [5, 5.41) is 24.6. The van der Waals surface area contributed by atoms with E-state index in [1.807, 2.05) is 6.26 Å². The SMILES string of the molecule is CSCCC(N)C(=O)NC(CS)C(=O)NC(CC(=O)O)C(=O)NC(CS)C(=O)O. The molecule has 0 aliphatic heterocycles. The minimum Gasteiger partial charge on any atom is -0.481 e. The molecule has 11 nitrogen and oxygen atoms in total. The van der Waals surface area contributed by atoms with Gasteiger partial charge in [0.15, 0.2) is 0 Å². The van der Waals surface area contributed by atoms with Crippen molar-refractivity contribution in [3.8, 4) is 0 Å². The van der Waals surface area contributed by atoms with Crippen molar-refractivity contribution in [1.29, 1.82) is 0 Å². The summed E-state index contributed by atoms with van der Waals surface area (Å²) in [6, 6.07) is -4.95. The van der Waals surface area contributed by atoms with Crippen LogP contribution in [0.4, 0.5) is 0 Å². The Balaban J connectivity index is 5.12. The van der Waals surface area contributed by atoms with Crippen LogP contribution < -0.4 is 21.7 Å². The number of thiol groups is 2. The van der Waals surface area contributed by atoms with Gasteiger partial charge in [-0.05, 0) is 18.4 Å². The van der Waals surface area contributed by atoms with E-state index in [0.717, 1.165) is 0 Å². The Labute approximate surface area is 183 Å². The summed E-state index contributed by atoms with van der Waals surface area (Å²) in [5.41, 5.74) is 5.73. The van der Waals surface area contributed by atoms with Crippen molar-refractivity contribution in [1.82, 2.24) is 16.0 Å². The Bertz CT molecular complexity index is 608. The second-order valence-corrected chi connectivity index (χ2v) is 7.59. The van der Waals surface area contributed by atoms with E-state index in [-0.39, 0.29) is 11.5 Å². The van der Waals surface area contributed by atoms with Gasteiger partial charge in [0.2, 0.25) is 17.7 Å². The lowest BCUT2D eigenvalue weighted by atomic mass is 10.1. The molecule has 29 heavy (non-hydrogen) atoms. The van der Waals surface area contributed by atoms with Crippen molar-refractivity contribution < 1.29 is 34.2 Å². The third-order valence-corrected chi connectivity index (χ3v) is 4.97. The van der Waals surface area contributed by atoms with Gasteiger partial charge < -0.3 is 31.9 Å². The molecule has 0 saturated heterocycles. The molecular weight excluding hydrogens is 444 g/mol. The zero-order valence-electron chi connectivity index (χ0n) is 15.7. The second-order valence-electron chi connectivity index (χ2n) is 5.87. The second kappa shape index (κ2) is 14.4. The van der Waals surface area contributed by atoms with Gasteiger partial charge in [-0.15, -0.1) is 0 Å². The first-order valence-corrected chi connectivity index (χ1v) is 11.0. The largest absolute Gasteiger partial charge is 0.481 e. The van der Waals surface area contributed by atoms with Crippen LogP contribution in [0.2, 0.25) is 0 Å². The maximum Gasteiger partial charge on any atom is 0.327 e. The summed E-state index contributed by atoms with van der Waals surface area (Å²) in [5.74, 6) is -4.95. The summed E-state index contributed by atoms with van der Waals surface area (Å²) in [6.07, 6.45) is 1.44. The molecular formula is C15H26N4O7S3. The fraction of sp³-hybridized carbons (Fsp3) is 0.667. The molecule has 0 bridgehead atoms. The van der Waals surface area contributed by atoms with Crippen molar-refractivity contribution in [2.24, 2.45) is 5.73 Å². The molecule has 0 fully saturated rings. The Morgan fingerprint density at radius 1 is 0.897 bits per heavy atom. The number of thioether (sulfide) groups is 1. The molecule has 3 amide bonds. The van der Waals surface area contributed by atoms with Gasteiger partial charge in [-0.2, -0.15) is 37.0 Å². The molecule has 0 radical (unpaired) electrons. The lowest BCUT2D eigenvalue weighted by molar-refractivity contribution is -0.143. The van der Waals surface area contributed by atoms with Gasteiger partial charge in [0, 0.05) is 11.5 Å². The molecule has 0 spiro atoms. The molecule has 0 saturated carbocycles. The zero-order chi connectivity index (χ0) is 22.6. The predicted molar refractivity (Wildman–Crippen MR) is 114 cm³/mol. The van der Waals surface area contributed by atoms with E-state index in [4.69, 9.17) is 15.9 Å². The van der Waals surface area contributed by atoms with Crippen LogP contribution in [0.5, 0.6) is 0 Å². The zero-order valence-corrected chi connectivity index (χ0v) is 18.3. The lowest BCUT2D eigenvalue weighted by Gasteiger charge is -2.23. The van der Waals surface area contributed by atoms with Crippen molar-refractivity contribution in [2.75, 3.05) is 23.5 Å². The summed E-state index contributed by atoms with van der Waals surface area (Å²) in [7, 11) is 0. The van der Waals surface area contributed by atoms with Gasteiger partial charge in [-0.3, -0.25) is 19.2 Å². The fourth-order valence-corrected chi connectivity index (χ4v) is 2.96. The van der Waals surface area contributed by atoms with Gasteiger partial charge in [0.1, 0.15) is 18.1 Å². The van der Waals surface area contributed by atoms with Crippen molar-refractivity contribution >= 4 is 66.7 Å². The van der Waals surface area contributed by atoms with Gasteiger partial charge in [-0.25, -0.2) is 4.79 Å². The Morgan fingerprint density at radius 3 is 1.83 bits per heavy atom. The highest BCUT2D eigenvalue weighted by atomic mass is 32.2. The first kappa shape index (κ1) is 27.4. The van der Waals surface area contributed by atoms with E-state index >= 15 is 0 Å². The molecule has 4 unspecified atom stereocenters. The van der Waals surface area contributed by atoms with Crippen molar-refractivity contribution in [3.63, 3.8) is 0 Å². The number of carbonyl (C=O) groups excluding carboxylic acids is 3. The van der Waals surface area contributed by atoms with E-state index in [2.05, 4.69) is 41.2 Å². The van der Waals surface area contributed by atoms with Crippen LogP contribution in [0.15, 0.2) is 0 Å². The van der Waals surface area contributed by atoms with Crippen LogP contribution in [-0.2, 0) is 24.0 Å².